The maximum absolute atomic E-state index is 12.2. The third-order valence-corrected chi connectivity index (χ3v) is 1.90. The van der Waals surface area contributed by atoms with Crippen LogP contribution in [0, 0.1) is 5.92 Å². The van der Waals surface area contributed by atoms with E-state index in [-0.39, 0.29) is 18.8 Å². The minimum atomic E-state index is -2.43. The summed E-state index contributed by atoms with van der Waals surface area (Å²) in [5, 5.41) is 2.78. The van der Waals surface area contributed by atoms with Crippen LogP contribution in [-0.4, -0.2) is 13.0 Å². The number of halogens is 2. The summed E-state index contributed by atoms with van der Waals surface area (Å²) in [4.78, 5) is 0. The lowest BCUT2D eigenvalue weighted by molar-refractivity contribution is -0.100. The number of hydrogen-bond acceptors (Lipinski definition) is 1. The lowest BCUT2D eigenvalue weighted by Gasteiger charge is -2.35. The Kier molecular flexibility index (Phi) is 1.67. The highest BCUT2D eigenvalue weighted by molar-refractivity contribution is 5.06. The van der Waals surface area contributed by atoms with E-state index in [4.69, 9.17) is 0 Å². The second-order valence-corrected chi connectivity index (χ2v) is 2.74. The fraction of sp³-hybridized carbons (Fsp3) is 0.714. The Morgan fingerprint density at radius 2 is 2.10 bits per heavy atom. The van der Waals surface area contributed by atoms with E-state index in [0.29, 0.717) is 0 Å². The molecule has 0 aliphatic heterocycles. The smallest absolute Gasteiger partial charge is 0.249 e. The second kappa shape index (κ2) is 2.22. The van der Waals surface area contributed by atoms with E-state index in [0.717, 1.165) is 5.70 Å². The van der Waals surface area contributed by atoms with Gasteiger partial charge in [-0.25, -0.2) is 8.78 Å². The summed E-state index contributed by atoms with van der Waals surface area (Å²) in [6.07, 6.45) is -0.0701. The van der Waals surface area contributed by atoms with Gasteiger partial charge in [0.1, 0.15) is 0 Å². The molecule has 3 heteroatoms. The standard InChI is InChI=1S/C7H11F2N/c1-5(10-2)6-3-7(8,9)4-6/h6,10H,1,3-4H2,2H3. The van der Waals surface area contributed by atoms with Crippen molar-refractivity contribution in [3.63, 3.8) is 0 Å². The zero-order valence-corrected chi connectivity index (χ0v) is 5.95. The molecule has 0 aromatic carbocycles. The number of hydrogen-bond donors (Lipinski definition) is 1. The highest BCUT2D eigenvalue weighted by Gasteiger charge is 2.46. The number of alkyl halides is 2. The molecule has 0 amide bonds. The molecule has 0 atom stereocenters. The molecule has 10 heavy (non-hydrogen) atoms. The molecule has 0 radical (unpaired) electrons. The van der Waals surface area contributed by atoms with Crippen LogP contribution < -0.4 is 5.32 Å². The third-order valence-electron chi connectivity index (χ3n) is 1.90. The summed E-state index contributed by atoms with van der Waals surface area (Å²) >= 11 is 0. The summed E-state index contributed by atoms with van der Waals surface area (Å²) in [7, 11) is 1.71. The first-order valence-corrected chi connectivity index (χ1v) is 3.29. The summed E-state index contributed by atoms with van der Waals surface area (Å²) < 4.78 is 24.4. The van der Waals surface area contributed by atoms with Crippen LogP contribution in [0.5, 0.6) is 0 Å². The first kappa shape index (κ1) is 7.51. The Bertz CT molecular complexity index is 146. The molecular formula is C7H11F2N. The predicted octanol–water partition coefficient (Wildman–Crippen LogP) is 1.76. The minimum absolute atomic E-state index is 0.0139. The molecular weight excluding hydrogens is 136 g/mol. The molecule has 1 aliphatic carbocycles. The van der Waals surface area contributed by atoms with E-state index >= 15 is 0 Å². The lowest BCUT2D eigenvalue weighted by Crippen LogP contribution is -2.38. The number of nitrogens with one attached hydrogen (secondary N) is 1. The van der Waals surface area contributed by atoms with Crippen LogP contribution in [0.3, 0.4) is 0 Å². The van der Waals surface area contributed by atoms with Crippen molar-refractivity contribution in [3.8, 4) is 0 Å². The van der Waals surface area contributed by atoms with Gasteiger partial charge in [0.2, 0.25) is 5.92 Å². The van der Waals surface area contributed by atoms with Crippen LogP contribution in [0.25, 0.3) is 0 Å². The fourth-order valence-electron chi connectivity index (χ4n) is 1.11. The molecule has 0 aromatic rings. The molecule has 1 aliphatic rings. The molecule has 1 saturated carbocycles. The van der Waals surface area contributed by atoms with Crippen LogP contribution in [0.15, 0.2) is 12.3 Å². The van der Waals surface area contributed by atoms with Gasteiger partial charge in [0.25, 0.3) is 0 Å². The van der Waals surface area contributed by atoms with E-state index in [9.17, 15) is 8.78 Å². The van der Waals surface area contributed by atoms with Crippen LogP contribution in [0.2, 0.25) is 0 Å². The SMILES string of the molecule is C=C(NC)C1CC(F)(F)C1. The van der Waals surface area contributed by atoms with Crippen molar-refractivity contribution in [2.24, 2.45) is 5.92 Å². The van der Waals surface area contributed by atoms with Crippen molar-refractivity contribution < 1.29 is 8.78 Å². The largest absolute Gasteiger partial charge is 0.392 e. The first-order chi connectivity index (χ1) is 4.55. The normalized spacial score (nSPS) is 23.5. The van der Waals surface area contributed by atoms with E-state index in [1.807, 2.05) is 0 Å². The van der Waals surface area contributed by atoms with Gasteiger partial charge < -0.3 is 5.32 Å². The van der Waals surface area contributed by atoms with Crippen LogP contribution in [0.4, 0.5) is 8.78 Å². The van der Waals surface area contributed by atoms with Gasteiger partial charge in [-0.3, -0.25) is 0 Å². The Balaban J connectivity index is 2.33. The number of allylic oxidation sites excluding steroid dienone is 1. The van der Waals surface area contributed by atoms with Crippen molar-refractivity contribution in [3.05, 3.63) is 12.3 Å². The molecule has 0 unspecified atom stereocenters. The Morgan fingerprint density at radius 3 is 2.40 bits per heavy atom. The van der Waals surface area contributed by atoms with Gasteiger partial charge in [0.15, 0.2) is 0 Å². The molecule has 1 nitrogen and oxygen atoms in total. The van der Waals surface area contributed by atoms with E-state index in [2.05, 4.69) is 11.9 Å². The van der Waals surface area contributed by atoms with Gasteiger partial charge in [-0.15, -0.1) is 0 Å². The average Bonchev–Trinajstić information content (AvgIpc) is 1.81. The van der Waals surface area contributed by atoms with Crippen molar-refractivity contribution >= 4 is 0 Å². The Hall–Kier alpha value is -0.600. The third kappa shape index (κ3) is 1.28. The van der Waals surface area contributed by atoms with Gasteiger partial charge in [0, 0.05) is 31.5 Å². The average molecular weight is 147 g/mol. The molecule has 58 valence electrons. The first-order valence-electron chi connectivity index (χ1n) is 3.29. The Morgan fingerprint density at radius 1 is 1.60 bits per heavy atom. The summed E-state index contributed by atoms with van der Waals surface area (Å²) in [5.74, 6) is -2.44. The topological polar surface area (TPSA) is 12.0 Å². The van der Waals surface area contributed by atoms with Crippen LogP contribution >= 0.6 is 0 Å². The highest BCUT2D eigenvalue weighted by atomic mass is 19.3. The molecule has 1 fully saturated rings. The minimum Gasteiger partial charge on any atom is -0.392 e. The summed E-state index contributed by atoms with van der Waals surface area (Å²) in [6, 6.07) is 0. The van der Waals surface area contributed by atoms with Crippen molar-refractivity contribution in [1.29, 1.82) is 0 Å². The molecule has 1 rings (SSSR count). The maximum Gasteiger partial charge on any atom is 0.249 e. The quantitative estimate of drug-likeness (QED) is 0.627. The van der Waals surface area contributed by atoms with Crippen LogP contribution in [0.1, 0.15) is 12.8 Å². The fourth-order valence-corrected chi connectivity index (χ4v) is 1.11. The zero-order valence-electron chi connectivity index (χ0n) is 5.95. The second-order valence-electron chi connectivity index (χ2n) is 2.74. The molecule has 0 aromatic heterocycles. The van der Waals surface area contributed by atoms with Crippen molar-refractivity contribution in [2.45, 2.75) is 18.8 Å². The van der Waals surface area contributed by atoms with Gasteiger partial charge >= 0.3 is 0 Å². The van der Waals surface area contributed by atoms with Gasteiger partial charge in [-0.1, -0.05) is 6.58 Å². The number of rotatable bonds is 2. The zero-order chi connectivity index (χ0) is 7.78. The lowest BCUT2D eigenvalue weighted by atomic mass is 9.79. The summed E-state index contributed by atoms with van der Waals surface area (Å²) in [6.45, 7) is 3.62. The molecule has 0 bridgehead atoms. The van der Waals surface area contributed by atoms with Gasteiger partial charge in [-0.2, -0.15) is 0 Å². The van der Waals surface area contributed by atoms with Gasteiger partial charge in [-0.05, 0) is 0 Å². The molecule has 1 N–H and O–H groups in total. The van der Waals surface area contributed by atoms with Crippen molar-refractivity contribution in [1.82, 2.24) is 5.32 Å². The van der Waals surface area contributed by atoms with E-state index < -0.39 is 5.92 Å². The van der Waals surface area contributed by atoms with E-state index in [1.165, 1.54) is 0 Å². The molecule has 0 heterocycles. The highest BCUT2D eigenvalue weighted by Crippen LogP contribution is 2.44. The Labute approximate surface area is 59.1 Å². The maximum atomic E-state index is 12.2. The predicted molar refractivity (Wildman–Crippen MR) is 35.9 cm³/mol. The van der Waals surface area contributed by atoms with Crippen molar-refractivity contribution in [2.75, 3.05) is 7.05 Å². The monoisotopic (exact) mass is 147 g/mol. The van der Waals surface area contributed by atoms with E-state index in [1.54, 1.807) is 7.05 Å². The molecule has 0 spiro atoms. The summed E-state index contributed by atoms with van der Waals surface area (Å²) in [5.41, 5.74) is 0.728. The van der Waals surface area contributed by atoms with Gasteiger partial charge in [0.05, 0.1) is 0 Å². The molecule has 0 saturated heterocycles. The van der Waals surface area contributed by atoms with Crippen LogP contribution in [-0.2, 0) is 0 Å².